The molecule has 2 unspecified atom stereocenters. The molecular weight excluding hydrogens is 327 g/mol. The Bertz CT molecular complexity index is 726. The van der Waals surface area contributed by atoms with Gasteiger partial charge >= 0.3 is 0 Å². The van der Waals surface area contributed by atoms with E-state index in [1.165, 1.54) is 6.07 Å². The van der Waals surface area contributed by atoms with Crippen LogP contribution in [0.2, 0.25) is 5.02 Å². The maximum absolute atomic E-state index is 13.5. The van der Waals surface area contributed by atoms with E-state index in [2.05, 4.69) is 40.2 Å². The molecule has 128 valence electrons. The molecule has 2 atom stereocenters. The van der Waals surface area contributed by atoms with Gasteiger partial charge in [0.25, 0.3) is 0 Å². The Balaban J connectivity index is 1.95. The van der Waals surface area contributed by atoms with Crippen molar-refractivity contribution in [2.24, 2.45) is 15.9 Å². The smallest absolute Gasteiger partial charge is 0.219 e. The third kappa shape index (κ3) is 3.18. The van der Waals surface area contributed by atoms with Gasteiger partial charge in [0, 0.05) is 30.9 Å². The van der Waals surface area contributed by atoms with Crippen LogP contribution in [-0.4, -0.2) is 35.8 Å². The molecule has 4 nitrogen and oxygen atoms in total. The average molecular weight is 349 g/mol. The summed E-state index contributed by atoms with van der Waals surface area (Å²) in [6.07, 6.45) is 3.13. The minimum absolute atomic E-state index is 0.150. The fraction of sp³-hybridized carbons (Fsp3) is 0.444. The zero-order chi connectivity index (χ0) is 17.3. The van der Waals surface area contributed by atoms with Crippen LogP contribution in [0.4, 0.5) is 4.39 Å². The van der Waals surface area contributed by atoms with Crippen LogP contribution in [0.15, 0.2) is 34.4 Å². The molecule has 2 aliphatic heterocycles. The first kappa shape index (κ1) is 17.0. The second-order valence-corrected chi connectivity index (χ2v) is 6.47. The van der Waals surface area contributed by atoms with Gasteiger partial charge in [-0.1, -0.05) is 17.7 Å². The molecule has 0 aromatic heterocycles. The molecule has 3 rings (SSSR count). The Kier molecular flexibility index (Phi) is 4.90. The van der Waals surface area contributed by atoms with E-state index in [0.29, 0.717) is 12.5 Å². The first-order chi connectivity index (χ1) is 11.5. The number of hydrogen-bond acceptors (Lipinski definition) is 2. The number of benzene rings is 1. The normalized spacial score (nSPS) is 25.0. The summed E-state index contributed by atoms with van der Waals surface area (Å²) in [6, 6.07) is 4.91. The number of hydrogen-bond donors (Lipinski definition) is 1. The van der Waals surface area contributed by atoms with Gasteiger partial charge in [0.2, 0.25) is 5.96 Å². The SMILES string of the molecule is CCN=C1N=C(C)C2CC(c3ccc(F)c(Cl)c3)=CN(CC)C2N1. The Labute approximate surface area is 147 Å². The summed E-state index contributed by atoms with van der Waals surface area (Å²) in [7, 11) is 0. The number of allylic oxidation sites excluding steroid dienone is 1. The highest BCUT2D eigenvalue weighted by Crippen LogP contribution is 2.35. The van der Waals surface area contributed by atoms with Crippen molar-refractivity contribution in [3.63, 3.8) is 0 Å². The lowest BCUT2D eigenvalue weighted by molar-refractivity contribution is 0.212. The molecule has 0 fully saturated rings. The van der Waals surface area contributed by atoms with Gasteiger partial charge in [-0.3, -0.25) is 4.99 Å². The predicted octanol–water partition coefficient (Wildman–Crippen LogP) is 3.93. The minimum atomic E-state index is -0.389. The number of nitrogens with zero attached hydrogens (tertiary/aromatic N) is 3. The summed E-state index contributed by atoms with van der Waals surface area (Å²) in [5.41, 5.74) is 3.18. The standard InChI is InChI=1S/C18H22ClFN4/c1-4-21-18-22-11(3)14-8-13(10-24(5-2)17(14)23-18)12-6-7-16(20)15(19)9-12/h6-7,9-10,14,17H,4-5,8H2,1-3H3,(H,21,23). The van der Waals surface area contributed by atoms with Crippen molar-refractivity contribution in [1.29, 1.82) is 0 Å². The molecule has 0 aliphatic carbocycles. The van der Waals surface area contributed by atoms with Crippen LogP contribution in [0.25, 0.3) is 5.57 Å². The molecule has 1 aromatic rings. The lowest BCUT2D eigenvalue weighted by atomic mass is 9.85. The molecule has 0 amide bonds. The van der Waals surface area contributed by atoms with Crippen molar-refractivity contribution in [2.75, 3.05) is 13.1 Å². The van der Waals surface area contributed by atoms with Gasteiger partial charge in [-0.2, -0.15) is 0 Å². The van der Waals surface area contributed by atoms with E-state index < -0.39 is 0 Å². The number of fused-ring (bicyclic) bond motifs is 1. The van der Waals surface area contributed by atoms with E-state index >= 15 is 0 Å². The minimum Gasteiger partial charge on any atom is -0.357 e. The van der Waals surface area contributed by atoms with E-state index in [0.717, 1.165) is 29.8 Å². The van der Waals surface area contributed by atoms with Crippen molar-refractivity contribution in [1.82, 2.24) is 10.2 Å². The monoisotopic (exact) mass is 348 g/mol. The number of rotatable bonds is 3. The first-order valence-electron chi connectivity index (χ1n) is 8.31. The highest BCUT2D eigenvalue weighted by Gasteiger charge is 2.36. The first-order valence-corrected chi connectivity index (χ1v) is 8.69. The molecule has 24 heavy (non-hydrogen) atoms. The fourth-order valence-corrected chi connectivity index (χ4v) is 3.47. The van der Waals surface area contributed by atoms with Gasteiger partial charge in [0.1, 0.15) is 12.0 Å². The number of halogens is 2. The van der Waals surface area contributed by atoms with Crippen LogP contribution in [-0.2, 0) is 0 Å². The van der Waals surface area contributed by atoms with Crippen LogP contribution in [0.1, 0.15) is 32.8 Å². The predicted molar refractivity (Wildman–Crippen MR) is 97.9 cm³/mol. The van der Waals surface area contributed by atoms with E-state index in [1.807, 2.05) is 6.92 Å². The van der Waals surface area contributed by atoms with Crippen molar-refractivity contribution < 1.29 is 4.39 Å². The zero-order valence-corrected chi connectivity index (χ0v) is 14.9. The lowest BCUT2D eigenvalue weighted by Gasteiger charge is -2.43. The molecule has 2 aliphatic rings. The van der Waals surface area contributed by atoms with Crippen molar-refractivity contribution >= 4 is 28.8 Å². The van der Waals surface area contributed by atoms with E-state index in [-0.39, 0.29) is 22.9 Å². The zero-order valence-electron chi connectivity index (χ0n) is 14.2. The maximum Gasteiger partial charge on any atom is 0.219 e. The molecular formula is C18H22ClFN4. The van der Waals surface area contributed by atoms with E-state index in [9.17, 15) is 4.39 Å². The summed E-state index contributed by atoms with van der Waals surface area (Å²) in [6.45, 7) is 7.74. The van der Waals surface area contributed by atoms with Crippen LogP contribution < -0.4 is 5.32 Å². The summed E-state index contributed by atoms with van der Waals surface area (Å²) in [5, 5.41) is 3.59. The van der Waals surface area contributed by atoms with Gasteiger partial charge in [-0.15, -0.1) is 0 Å². The summed E-state index contributed by atoms with van der Waals surface area (Å²) >= 11 is 5.96. The van der Waals surface area contributed by atoms with Crippen LogP contribution >= 0.6 is 11.6 Å². The topological polar surface area (TPSA) is 40.0 Å². The van der Waals surface area contributed by atoms with Crippen molar-refractivity contribution in [3.05, 3.63) is 40.8 Å². The molecule has 0 bridgehead atoms. The molecule has 0 radical (unpaired) electrons. The summed E-state index contributed by atoms with van der Waals surface area (Å²) in [4.78, 5) is 11.3. The Hall–Kier alpha value is -1.88. The van der Waals surface area contributed by atoms with Crippen LogP contribution in [0.5, 0.6) is 0 Å². The van der Waals surface area contributed by atoms with E-state index in [4.69, 9.17) is 11.6 Å². The maximum atomic E-state index is 13.5. The molecule has 0 saturated carbocycles. The van der Waals surface area contributed by atoms with Crippen molar-refractivity contribution in [3.8, 4) is 0 Å². The highest BCUT2D eigenvalue weighted by atomic mass is 35.5. The van der Waals surface area contributed by atoms with E-state index in [1.54, 1.807) is 12.1 Å². The van der Waals surface area contributed by atoms with Gasteiger partial charge in [-0.05, 0) is 50.5 Å². The lowest BCUT2D eigenvalue weighted by Crippen LogP contribution is -2.56. The fourth-order valence-electron chi connectivity index (χ4n) is 3.29. The molecule has 0 spiro atoms. The number of aliphatic imine (C=N–C) groups is 2. The van der Waals surface area contributed by atoms with Crippen LogP contribution in [0, 0.1) is 11.7 Å². The largest absolute Gasteiger partial charge is 0.357 e. The Morgan fingerprint density at radius 1 is 1.42 bits per heavy atom. The molecule has 0 saturated heterocycles. The molecule has 1 aromatic carbocycles. The van der Waals surface area contributed by atoms with Gasteiger partial charge in [-0.25, -0.2) is 9.38 Å². The molecule has 1 N–H and O–H groups in total. The Morgan fingerprint density at radius 2 is 2.21 bits per heavy atom. The average Bonchev–Trinajstić information content (AvgIpc) is 2.57. The quantitative estimate of drug-likeness (QED) is 0.899. The number of nitrogens with one attached hydrogen (secondary N) is 1. The second-order valence-electron chi connectivity index (χ2n) is 6.06. The van der Waals surface area contributed by atoms with Gasteiger partial charge in [0.05, 0.1) is 5.02 Å². The van der Waals surface area contributed by atoms with Crippen molar-refractivity contribution in [2.45, 2.75) is 33.4 Å². The summed E-state index contributed by atoms with van der Waals surface area (Å²) < 4.78 is 13.5. The van der Waals surface area contributed by atoms with Gasteiger partial charge < -0.3 is 10.2 Å². The third-order valence-electron chi connectivity index (χ3n) is 4.56. The molecule has 2 heterocycles. The number of guanidine groups is 1. The Morgan fingerprint density at radius 3 is 2.88 bits per heavy atom. The highest BCUT2D eigenvalue weighted by molar-refractivity contribution is 6.30. The summed E-state index contributed by atoms with van der Waals surface area (Å²) in [5.74, 6) is 0.570. The van der Waals surface area contributed by atoms with Crippen LogP contribution in [0.3, 0.4) is 0 Å². The van der Waals surface area contributed by atoms with Gasteiger partial charge in [0.15, 0.2) is 0 Å². The second kappa shape index (κ2) is 6.93. The third-order valence-corrected chi connectivity index (χ3v) is 4.85. The molecule has 6 heteroatoms.